The van der Waals surface area contributed by atoms with Crippen molar-refractivity contribution in [2.75, 3.05) is 37.2 Å². The zero-order valence-electron chi connectivity index (χ0n) is 17.7. The van der Waals surface area contributed by atoms with Gasteiger partial charge in [0.05, 0.1) is 24.9 Å². The van der Waals surface area contributed by atoms with Gasteiger partial charge in [0.15, 0.2) is 11.6 Å². The Kier molecular flexibility index (Phi) is 4.86. The normalized spacial score (nSPS) is 21.4. The SMILES string of the molecule is C[C@@H]1COCCN1c1cc(N=S(C)(C)=O)nc(-c2ccnc3c2C=C(C2CC2)C3)n1. The van der Waals surface area contributed by atoms with Gasteiger partial charge in [-0.05, 0) is 31.7 Å². The maximum Gasteiger partial charge on any atom is 0.167 e. The Balaban J connectivity index is 1.64. The average Bonchev–Trinajstić information content (AvgIpc) is 3.45. The molecule has 0 unspecified atom stereocenters. The molecule has 0 amide bonds. The lowest BCUT2D eigenvalue weighted by Gasteiger charge is -2.34. The van der Waals surface area contributed by atoms with Crippen molar-refractivity contribution in [2.24, 2.45) is 10.3 Å². The lowest BCUT2D eigenvalue weighted by molar-refractivity contribution is 0.0985. The molecule has 158 valence electrons. The molecule has 2 aromatic rings. The van der Waals surface area contributed by atoms with Crippen molar-refractivity contribution in [3.8, 4) is 11.4 Å². The Hall–Kier alpha value is -2.32. The predicted octanol–water partition coefficient (Wildman–Crippen LogP) is 3.47. The van der Waals surface area contributed by atoms with Crippen LogP contribution in [0.3, 0.4) is 0 Å². The first-order valence-corrected chi connectivity index (χ1v) is 12.8. The summed E-state index contributed by atoms with van der Waals surface area (Å²) in [4.78, 5) is 16.4. The number of ether oxygens (including phenoxy) is 1. The van der Waals surface area contributed by atoms with Crippen molar-refractivity contribution in [1.29, 1.82) is 0 Å². The lowest BCUT2D eigenvalue weighted by Crippen LogP contribution is -2.44. The van der Waals surface area contributed by atoms with Crippen LogP contribution in [-0.2, 0) is 20.9 Å². The highest BCUT2D eigenvalue weighted by Crippen LogP contribution is 2.43. The zero-order valence-corrected chi connectivity index (χ0v) is 18.5. The van der Waals surface area contributed by atoms with E-state index in [2.05, 4.69) is 27.2 Å². The number of anilines is 1. The molecule has 0 aromatic carbocycles. The van der Waals surface area contributed by atoms with E-state index < -0.39 is 9.73 Å². The molecule has 1 saturated carbocycles. The lowest BCUT2D eigenvalue weighted by atomic mass is 10.1. The fourth-order valence-corrected chi connectivity index (χ4v) is 4.73. The molecule has 0 bridgehead atoms. The van der Waals surface area contributed by atoms with E-state index in [1.54, 1.807) is 12.5 Å². The molecule has 2 aliphatic carbocycles. The smallest absolute Gasteiger partial charge is 0.167 e. The van der Waals surface area contributed by atoms with E-state index in [-0.39, 0.29) is 6.04 Å². The summed E-state index contributed by atoms with van der Waals surface area (Å²) in [5, 5.41) is 0. The summed E-state index contributed by atoms with van der Waals surface area (Å²) in [6.07, 6.45) is 10.8. The second-order valence-corrected chi connectivity index (χ2v) is 11.2. The Labute approximate surface area is 177 Å². The van der Waals surface area contributed by atoms with Crippen LogP contribution in [0.1, 0.15) is 31.0 Å². The highest BCUT2D eigenvalue weighted by molar-refractivity contribution is 7.92. The molecule has 30 heavy (non-hydrogen) atoms. The van der Waals surface area contributed by atoms with Gasteiger partial charge in [0, 0.05) is 58.6 Å². The molecule has 2 aromatic heterocycles. The second-order valence-electron chi connectivity index (χ2n) is 8.69. The molecular formula is C22H27N5O2S. The summed E-state index contributed by atoms with van der Waals surface area (Å²) in [7, 11) is -2.34. The van der Waals surface area contributed by atoms with Crippen LogP contribution in [0.5, 0.6) is 0 Å². The largest absolute Gasteiger partial charge is 0.377 e. The molecule has 0 spiro atoms. The van der Waals surface area contributed by atoms with Crippen molar-refractivity contribution in [1.82, 2.24) is 15.0 Å². The highest BCUT2D eigenvalue weighted by atomic mass is 32.2. The first-order valence-electron chi connectivity index (χ1n) is 10.5. The van der Waals surface area contributed by atoms with Crippen LogP contribution in [0, 0.1) is 5.92 Å². The molecule has 7 nitrogen and oxygen atoms in total. The van der Waals surface area contributed by atoms with Crippen molar-refractivity contribution in [2.45, 2.75) is 32.2 Å². The Morgan fingerprint density at radius 2 is 2.10 bits per heavy atom. The minimum Gasteiger partial charge on any atom is -0.377 e. The van der Waals surface area contributed by atoms with Crippen LogP contribution in [-0.4, -0.2) is 57.5 Å². The van der Waals surface area contributed by atoms with Gasteiger partial charge in [0.1, 0.15) is 5.82 Å². The van der Waals surface area contributed by atoms with E-state index in [0.29, 0.717) is 30.8 Å². The molecule has 8 heteroatoms. The van der Waals surface area contributed by atoms with Crippen molar-refractivity contribution >= 4 is 27.4 Å². The van der Waals surface area contributed by atoms with E-state index in [1.165, 1.54) is 18.4 Å². The first-order chi connectivity index (χ1) is 14.4. The summed E-state index contributed by atoms with van der Waals surface area (Å²) in [5.74, 6) is 2.58. The molecule has 3 heterocycles. The third-order valence-electron chi connectivity index (χ3n) is 5.79. The molecule has 1 aliphatic heterocycles. The van der Waals surface area contributed by atoms with Gasteiger partial charge < -0.3 is 9.64 Å². The number of hydrogen-bond donors (Lipinski definition) is 0. The molecule has 1 saturated heterocycles. The third-order valence-corrected chi connectivity index (χ3v) is 6.42. The van der Waals surface area contributed by atoms with Crippen molar-refractivity contribution in [3.63, 3.8) is 0 Å². The molecule has 0 N–H and O–H groups in total. The van der Waals surface area contributed by atoms with Gasteiger partial charge in [0.25, 0.3) is 0 Å². The molecule has 0 radical (unpaired) electrons. The number of aromatic nitrogens is 3. The van der Waals surface area contributed by atoms with Gasteiger partial charge in [-0.25, -0.2) is 14.2 Å². The van der Waals surface area contributed by atoms with E-state index in [9.17, 15) is 4.21 Å². The van der Waals surface area contributed by atoms with Crippen molar-refractivity contribution < 1.29 is 8.95 Å². The number of nitrogens with zero attached hydrogens (tertiary/aromatic N) is 5. The fraction of sp³-hybridized carbons (Fsp3) is 0.500. The van der Waals surface area contributed by atoms with Gasteiger partial charge in [-0.3, -0.25) is 4.98 Å². The van der Waals surface area contributed by atoms with Crippen LogP contribution < -0.4 is 4.90 Å². The summed E-state index contributed by atoms with van der Waals surface area (Å²) < 4.78 is 22.4. The topological polar surface area (TPSA) is 80.6 Å². The van der Waals surface area contributed by atoms with Gasteiger partial charge in [-0.1, -0.05) is 11.6 Å². The minimum absolute atomic E-state index is 0.200. The van der Waals surface area contributed by atoms with Crippen LogP contribution in [0.15, 0.2) is 28.3 Å². The molecule has 2 fully saturated rings. The van der Waals surface area contributed by atoms with Crippen LogP contribution in [0.25, 0.3) is 17.5 Å². The van der Waals surface area contributed by atoms with Crippen LogP contribution in [0.4, 0.5) is 11.6 Å². The van der Waals surface area contributed by atoms with Gasteiger partial charge in [-0.15, -0.1) is 0 Å². The van der Waals surface area contributed by atoms with E-state index in [0.717, 1.165) is 35.6 Å². The van der Waals surface area contributed by atoms with Gasteiger partial charge in [0.2, 0.25) is 0 Å². The van der Waals surface area contributed by atoms with Crippen molar-refractivity contribution in [3.05, 3.63) is 35.2 Å². The van der Waals surface area contributed by atoms with E-state index >= 15 is 0 Å². The summed E-state index contributed by atoms with van der Waals surface area (Å²) >= 11 is 0. The predicted molar refractivity (Wildman–Crippen MR) is 119 cm³/mol. The monoisotopic (exact) mass is 425 g/mol. The van der Waals surface area contributed by atoms with Crippen LogP contribution >= 0.6 is 0 Å². The quantitative estimate of drug-likeness (QED) is 0.746. The number of allylic oxidation sites excluding steroid dienone is 1. The summed E-state index contributed by atoms with van der Waals surface area (Å²) in [6, 6.07) is 4.02. The maximum atomic E-state index is 12.4. The number of rotatable bonds is 4. The van der Waals surface area contributed by atoms with Gasteiger partial charge >= 0.3 is 0 Å². The molecule has 5 rings (SSSR count). The summed E-state index contributed by atoms with van der Waals surface area (Å²) in [6.45, 7) is 4.19. The number of morpholine rings is 1. The molecular weight excluding hydrogens is 398 g/mol. The highest BCUT2D eigenvalue weighted by Gasteiger charge is 2.31. The Bertz CT molecular complexity index is 1140. The maximum absolute atomic E-state index is 12.4. The zero-order chi connectivity index (χ0) is 20.9. The van der Waals surface area contributed by atoms with Gasteiger partial charge in [-0.2, -0.15) is 4.36 Å². The first kappa shape index (κ1) is 19.6. The standard InChI is InChI=1S/C22H27N5O2S/c1-14-13-29-9-8-27(14)21-12-20(26-30(2,3)28)24-22(25-21)17-6-7-23-19-11-16(10-18(17)19)15-4-5-15/h6-7,10,12,14-15H,4-5,8-9,11,13H2,1-3H3/t14-/m1/s1. The Morgan fingerprint density at radius 3 is 2.83 bits per heavy atom. The number of hydrogen-bond acceptors (Lipinski definition) is 7. The molecule has 3 aliphatic rings. The summed E-state index contributed by atoms with van der Waals surface area (Å²) in [5.41, 5.74) is 4.65. The fourth-order valence-electron chi connectivity index (χ4n) is 4.19. The minimum atomic E-state index is -2.34. The second kappa shape index (κ2) is 7.42. The van der Waals surface area contributed by atoms with E-state index in [1.807, 2.05) is 18.3 Å². The third kappa shape index (κ3) is 3.98. The Morgan fingerprint density at radius 1 is 1.27 bits per heavy atom. The number of fused-ring (bicyclic) bond motifs is 1. The molecule has 1 atom stereocenters. The number of pyridine rings is 1. The van der Waals surface area contributed by atoms with Crippen LogP contribution in [0.2, 0.25) is 0 Å². The average molecular weight is 426 g/mol. The van der Waals surface area contributed by atoms with E-state index in [4.69, 9.17) is 14.7 Å².